The summed E-state index contributed by atoms with van der Waals surface area (Å²) in [5, 5.41) is 9.15. The number of carbonyl (C=O) groups is 1. The summed E-state index contributed by atoms with van der Waals surface area (Å²) in [6.45, 7) is 7.71. The van der Waals surface area contributed by atoms with Crippen molar-refractivity contribution in [1.82, 2.24) is 0 Å². The van der Waals surface area contributed by atoms with Gasteiger partial charge in [-0.3, -0.25) is 4.79 Å². The molecule has 1 saturated carbocycles. The summed E-state index contributed by atoms with van der Waals surface area (Å²) in [5.74, 6) is 0.223. The maximum Gasteiger partial charge on any atom is 0.155 e. The van der Waals surface area contributed by atoms with Gasteiger partial charge in [-0.15, -0.1) is 5.10 Å². The summed E-state index contributed by atoms with van der Waals surface area (Å²) in [5.41, 5.74) is 5.28. The molecule has 24 heavy (non-hydrogen) atoms. The van der Waals surface area contributed by atoms with Gasteiger partial charge in [0, 0.05) is 11.1 Å². The third-order valence-corrected chi connectivity index (χ3v) is 5.22. The Bertz CT molecular complexity index is 865. The van der Waals surface area contributed by atoms with Crippen LogP contribution < -0.4 is 0 Å². The average Bonchev–Trinajstić information content (AvgIpc) is 2.88. The van der Waals surface area contributed by atoms with Gasteiger partial charge in [0.15, 0.2) is 5.78 Å². The van der Waals surface area contributed by atoms with Gasteiger partial charge in [-0.05, 0) is 38.8 Å². The van der Waals surface area contributed by atoms with Crippen LogP contribution in [0.4, 0.5) is 0 Å². The first-order valence-corrected chi connectivity index (χ1v) is 8.26. The lowest BCUT2D eigenvalue weighted by atomic mass is 9.53. The second-order valence-electron chi connectivity index (χ2n) is 7.57. The van der Waals surface area contributed by atoms with Gasteiger partial charge in [-0.1, -0.05) is 48.5 Å². The molecule has 0 spiro atoms. The molecule has 0 aromatic heterocycles. The smallest absolute Gasteiger partial charge is 0.155 e. The molecule has 0 N–H and O–H groups in total. The van der Waals surface area contributed by atoms with Crippen molar-refractivity contribution in [2.45, 2.75) is 27.7 Å². The molecule has 0 radical (unpaired) electrons. The van der Waals surface area contributed by atoms with Crippen molar-refractivity contribution >= 4 is 17.2 Å². The van der Waals surface area contributed by atoms with E-state index < -0.39 is 10.8 Å². The molecule has 0 unspecified atom stereocenters. The summed E-state index contributed by atoms with van der Waals surface area (Å²) in [6.07, 6.45) is 0. The third-order valence-electron chi connectivity index (χ3n) is 5.22. The van der Waals surface area contributed by atoms with Gasteiger partial charge in [0.1, 0.15) is 5.71 Å². The van der Waals surface area contributed by atoms with E-state index in [1.165, 1.54) is 11.1 Å². The van der Waals surface area contributed by atoms with Crippen LogP contribution in [0.1, 0.15) is 38.8 Å². The van der Waals surface area contributed by atoms with E-state index in [0.717, 1.165) is 22.6 Å². The zero-order valence-electron chi connectivity index (χ0n) is 14.4. The fourth-order valence-corrected chi connectivity index (χ4v) is 4.17. The average molecular weight is 316 g/mol. The molecule has 0 saturated heterocycles. The van der Waals surface area contributed by atoms with Crippen LogP contribution in [0.15, 0.2) is 58.7 Å². The minimum Gasteiger partial charge on any atom is -0.298 e. The Kier molecular flexibility index (Phi) is 2.96. The Morgan fingerprint density at radius 2 is 1.08 bits per heavy atom. The zero-order valence-corrected chi connectivity index (χ0v) is 14.4. The number of Topliss-reactive ketones (excluding diaryl/α,β-unsaturated/α-hetero) is 1. The first kappa shape index (κ1) is 15.0. The van der Waals surface area contributed by atoms with E-state index in [9.17, 15) is 4.79 Å². The fourth-order valence-electron chi connectivity index (χ4n) is 4.17. The van der Waals surface area contributed by atoms with Gasteiger partial charge in [0.2, 0.25) is 0 Å². The minimum absolute atomic E-state index is 0.223. The minimum atomic E-state index is -0.523. The van der Waals surface area contributed by atoms with Crippen molar-refractivity contribution in [3.63, 3.8) is 0 Å². The molecule has 4 rings (SSSR count). The second-order valence-corrected chi connectivity index (χ2v) is 7.57. The Balaban J connectivity index is 1.87. The highest BCUT2D eigenvalue weighted by Crippen LogP contribution is 2.47. The van der Waals surface area contributed by atoms with Gasteiger partial charge in [0.05, 0.1) is 16.5 Å². The van der Waals surface area contributed by atoms with E-state index in [2.05, 4.69) is 34.5 Å². The van der Waals surface area contributed by atoms with E-state index in [4.69, 9.17) is 0 Å². The monoisotopic (exact) mass is 316 g/mol. The highest BCUT2D eigenvalue weighted by atomic mass is 16.1. The van der Waals surface area contributed by atoms with Gasteiger partial charge < -0.3 is 0 Å². The van der Waals surface area contributed by atoms with Crippen molar-refractivity contribution in [3.8, 4) is 11.1 Å². The lowest BCUT2D eigenvalue weighted by Gasteiger charge is -2.47. The van der Waals surface area contributed by atoms with Gasteiger partial charge >= 0.3 is 0 Å². The van der Waals surface area contributed by atoms with Crippen LogP contribution in [0.5, 0.6) is 0 Å². The molecule has 1 fully saturated rings. The largest absolute Gasteiger partial charge is 0.298 e. The van der Waals surface area contributed by atoms with Crippen LogP contribution >= 0.6 is 0 Å². The van der Waals surface area contributed by atoms with Crippen molar-refractivity contribution in [2.24, 2.45) is 21.0 Å². The second kappa shape index (κ2) is 4.73. The number of ketones is 1. The molecule has 2 aliphatic carbocycles. The summed E-state index contributed by atoms with van der Waals surface area (Å²) in [7, 11) is 0. The number of nitrogens with zero attached hydrogens (tertiary/aromatic N) is 2. The summed E-state index contributed by atoms with van der Waals surface area (Å²) < 4.78 is 0. The predicted octanol–water partition coefficient (Wildman–Crippen LogP) is 4.50. The molecular formula is C21H20N2O. The third kappa shape index (κ3) is 1.81. The topological polar surface area (TPSA) is 41.8 Å². The molecule has 2 aromatic carbocycles. The lowest BCUT2D eigenvalue weighted by Crippen LogP contribution is -2.61. The van der Waals surface area contributed by atoms with Crippen molar-refractivity contribution in [3.05, 3.63) is 59.7 Å². The molecule has 0 atom stereocenters. The summed E-state index contributed by atoms with van der Waals surface area (Å²) in [6, 6.07) is 16.5. The van der Waals surface area contributed by atoms with Crippen molar-refractivity contribution < 1.29 is 4.79 Å². The highest BCUT2D eigenvalue weighted by molar-refractivity contribution is 6.32. The van der Waals surface area contributed by atoms with Crippen molar-refractivity contribution in [1.29, 1.82) is 0 Å². The highest BCUT2D eigenvalue weighted by Gasteiger charge is 2.59. The zero-order chi connectivity index (χ0) is 17.1. The van der Waals surface area contributed by atoms with Gasteiger partial charge in [-0.2, -0.15) is 5.10 Å². The van der Waals surface area contributed by atoms with Crippen LogP contribution in [0.3, 0.4) is 0 Å². The molecule has 3 nitrogen and oxygen atoms in total. The summed E-state index contributed by atoms with van der Waals surface area (Å²) >= 11 is 0. The number of hydrogen-bond donors (Lipinski definition) is 0. The van der Waals surface area contributed by atoms with E-state index in [1.807, 2.05) is 52.0 Å². The van der Waals surface area contributed by atoms with E-state index in [-0.39, 0.29) is 5.78 Å². The van der Waals surface area contributed by atoms with Crippen molar-refractivity contribution in [2.75, 3.05) is 0 Å². The number of hydrogen-bond acceptors (Lipinski definition) is 3. The quantitative estimate of drug-likeness (QED) is 0.610. The maximum absolute atomic E-state index is 12.3. The van der Waals surface area contributed by atoms with Crippen LogP contribution in [-0.4, -0.2) is 17.2 Å². The molecule has 120 valence electrons. The fraction of sp³-hybridized carbons (Fsp3) is 0.286. The number of benzene rings is 2. The molecule has 0 aliphatic heterocycles. The number of fused-ring (bicyclic) bond motifs is 3. The normalized spacial score (nSPS) is 19.4. The molecule has 0 bridgehead atoms. The van der Waals surface area contributed by atoms with Gasteiger partial charge in [0.25, 0.3) is 0 Å². The molecule has 2 aliphatic rings. The first-order chi connectivity index (χ1) is 11.3. The standard InChI is InChI=1S/C21H20N2O/c1-20(2)18(21(3,4)19(20)24)23-22-17-15-11-7-5-9-13(15)14-10-6-8-12-16(14)17/h5-12H,1-4H3. The lowest BCUT2D eigenvalue weighted by molar-refractivity contribution is -0.134. The molecule has 2 aromatic rings. The van der Waals surface area contributed by atoms with E-state index in [1.54, 1.807) is 0 Å². The molecule has 0 heterocycles. The Hall–Kier alpha value is -2.55. The first-order valence-electron chi connectivity index (χ1n) is 8.26. The Labute approximate surface area is 142 Å². The SMILES string of the molecule is CC1(C)C(=O)C(C)(C)C1=NN=C1c2ccccc2-c2ccccc21. The Morgan fingerprint density at radius 3 is 1.54 bits per heavy atom. The Morgan fingerprint density at radius 1 is 0.667 bits per heavy atom. The number of carbonyl (C=O) groups excluding carboxylic acids is 1. The maximum atomic E-state index is 12.3. The predicted molar refractivity (Wildman–Crippen MR) is 97.5 cm³/mol. The van der Waals surface area contributed by atoms with Gasteiger partial charge in [-0.25, -0.2) is 0 Å². The van der Waals surface area contributed by atoms with Crippen LogP contribution in [0.2, 0.25) is 0 Å². The van der Waals surface area contributed by atoms with E-state index >= 15 is 0 Å². The van der Waals surface area contributed by atoms with Crippen LogP contribution in [-0.2, 0) is 4.79 Å². The summed E-state index contributed by atoms with van der Waals surface area (Å²) in [4.78, 5) is 12.3. The molecule has 3 heteroatoms. The van der Waals surface area contributed by atoms with Crippen LogP contribution in [0, 0.1) is 10.8 Å². The molecular weight excluding hydrogens is 296 g/mol. The van der Waals surface area contributed by atoms with E-state index in [0.29, 0.717) is 0 Å². The van der Waals surface area contributed by atoms with Crippen LogP contribution in [0.25, 0.3) is 11.1 Å². The molecule has 0 amide bonds. The number of rotatable bonds is 1.